The van der Waals surface area contributed by atoms with Gasteiger partial charge in [-0.1, -0.05) is 6.07 Å². The predicted molar refractivity (Wildman–Crippen MR) is 134 cm³/mol. The maximum absolute atomic E-state index is 12.5. The monoisotopic (exact) mass is 467 g/mol. The second kappa shape index (κ2) is 11.6. The molecule has 0 unspecified atom stereocenters. The SMILES string of the molecule is CCOCCCNC(=O)/C=C(\C)c1cc2c(-c3ccc(OC)c(OC)c3)coc2c(C)c1OC. The van der Waals surface area contributed by atoms with Gasteiger partial charge in [0.1, 0.15) is 11.3 Å². The first-order valence-corrected chi connectivity index (χ1v) is 11.3. The van der Waals surface area contributed by atoms with Crippen LogP contribution in [0.3, 0.4) is 0 Å². The summed E-state index contributed by atoms with van der Waals surface area (Å²) >= 11 is 0. The molecule has 2 aromatic carbocycles. The lowest BCUT2D eigenvalue weighted by Crippen LogP contribution is -2.23. The number of amides is 1. The fraction of sp³-hybridized carbons (Fsp3) is 0.370. The number of rotatable bonds is 11. The number of aryl methyl sites for hydroxylation is 1. The Balaban J connectivity index is 1.99. The molecule has 0 atom stereocenters. The number of hydrogen-bond donors (Lipinski definition) is 1. The van der Waals surface area contributed by atoms with Crippen LogP contribution in [0.1, 0.15) is 31.4 Å². The highest BCUT2D eigenvalue weighted by molar-refractivity contribution is 6.01. The molecule has 3 rings (SSSR count). The van der Waals surface area contributed by atoms with E-state index in [1.807, 2.05) is 45.0 Å². The number of carbonyl (C=O) groups is 1. The van der Waals surface area contributed by atoms with Crippen LogP contribution in [0.5, 0.6) is 17.2 Å². The molecule has 0 radical (unpaired) electrons. The van der Waals surface area contributed by atoms with Crippen molar-refractivity contribution < 1.29 is 28.2 Å². The summed E-state index contributed by atoms with van der Waals surface area (Å²) in [6, 6.07) is 7.75. The molecule has 1 N–H and O–H groups in total. The van der Waals surface area contributed by atoms with Crippen LogP contribution in [0.15, 0.2) is 41.0 Å². The molecule has 0 bridgehead atoms. The number of carbonyl (C=O) groups excluding carboxylic acids is 1. The van der Waals surface area contributed by atoms with E-state index in [0.717, 1.165) is 45.2 Å². The van der Waals surface area contributed by atoms with Crippen LogP contribution in [0.25, 0.3) is 27.7 Å². The molecule has 1 heterocycles. The summed E-state index contributed by atoms with van der Waals surface area (Å²) in [7, 11) is 4.84. The zero-order valence-electron chi connectivity index (χ0n) is 20.7. The molecule has 34 heavy (non-hydrogen) atoms. The Hall–Kier alpha value is -3.45. The highest BCUT2D eigenvalue weighted by Gasteiger charge is 2.19. The third-order valence-electron chi connectivity index (χ3n) is 5.68. The maximum atomic E-state index is 12.5. The molecule has 0 saturated carbocycles. The summed E-state index contributed by atoms with van der Waals surface area (Å²) in [4.78, 5) is 12.5. The first kappa shape index (κ1) is 25.2. The van der Waals surface area contributed by atoms with Crippen molar-refractivity contribution in [3.63, 3.8) is 0 Å². The minimum atomic E-state index is -0.152. The fourth-order valence-corrected chi connectivity index (χ4v) is 3.95. The second-order valence-electron chi connectivity index (χ2n) is 7.85. The molecule has 7 heteroatoms. The molecule has 0 fully saturated rings. The quantitative estimate of drug-likeness (QED) is 0.301. The summed E-state index contributed by atoms with van der Waals surface area (Å²) in [6.45, 7) is 7.67. The molecular formula is C27H33NO6. The molecule has 0 aliphatic heterocycles. The maximum Gasteiger partial charge on any atom is 0.244 e. The van der Waals surface area contributed by atoms with Crippen LogP contribution >= 0.6 is 0 Å². The van der Waals surface area contributed by atoms with Crippen molar-refractivity contribution in [2.75, 3.05) is 41.1 Å². The number of benzene rings is 2. The predicted octanol–water partition coefficient (Wildman–Crippen LogP) is 5.38. The average molecular weight is 468 g/mol. The fourth-order valence-electron chi connectivity index (χ4n) is 3.95. The van der Waals surface area contributed by atoms with E-state index in [2.05, 4.69) is 5.32 Å². The van der Waals surface area contributed by atoms with Crippen molar-refractivity contribution in [2.45, 2.75) is 27.2 Å². The average Bonchev–Trinajstić information content (AvgIpc) is 3.27. The Morgan fingerprint density at radius 3 is 2.53 bits per heavy atom. The molecule has 7 nitrogen and oxygen atoms in total. The topological polar surface area (TPSA) is 79.2 Å². The van der Waals surface area contributed by atoms with Gasteiger partial charge in [0.2, 0.25) is 5.91 Å². The number of ether oxygens (including phenoxy) is 4. The minimum Gasteiger partial charge on any atom is -0.496 e. The van der Waals surface area contributed by atoms with E-state index < -0.39 is 0 Å². The van der Waals surface area contributed by atoms with Crippen molar-refractivity contribution in [1.82, 2.24) is 5.32 Å². The van der Waals surface area contributed by atoms with Gasteiger partial charge in [0, 0.05) is 47.9 Å². The number of fused-ring (bicyclic) bond motifs is 1. The van der Waals surface area contributed by atoms with Crippen LogP contribution in [0.4, 0.5) is 0 Å². The van der Waals surface area contributed by atoms with Gasteiger partial charge in [-0.05, 0) is 56.5 Å². The molecule has 3 aromatic rings. The van der Waals surface area contributed by atoms with Crippen molar-refractivity contribution in [1.29, 1.82) is 0 Å². The smallest absolute Gasteiger partial charge is 0.244 e. The molecule has 0 saturated heterocycles. The Bertz CT molecular complexity index is 1180. The zero-order valence-corrected chi connectivity index (χ0v) is 20.7. The number of furan rings is 1. The number of allylic oxidation sites excluding steroid dienone is 1. The molecule has 1 aromatic heterocycles. The summed E-state index contributed by atoms with van der Waals surface area (Å²) in [5, 5.41) is 3.83. The van der Waals surface area contributed by atoms with Gasteiger partial charge in [-0.2, -0.15) is 0 Å². The first-order chi connectivity index (χ1) is 16.4. The molecule has 1 amide bonds. The van der Waals surface area contributed by atoms with E-state index in [-0.39, 0.29) is 5.91 Å². The highest BCUT2D eigenvalue weighted by atomic mass is 16.5. The van der Waals surface area contributed by atoms with Crippen LogP contribution < -0.4 is 19.5 Å². The van der Waals surface area contributed by atoms with Gasteiger partial charge in [-0.3, -0.25) is 4.79 Å². The Kier molecular flexibility index (Phi) is 8.60. The highest BCUT2D eigenvalue weighted by Crippen LogP contribution is 2.42. The van der Waals surface area contributed by atoms with Gasteiger partial charge in [-0.25, -0.2) is 0 Å². The summed E-state index contributed by atoms with van der Waals surface area (Å²) in [6.07, 6.45) is 4.09. The Morgan fingerprint density at radius 1 is 1.09 bits per heavy atom. The van der Waals surface area contributed by atoms with Crippen LogP contribution in [-0.4, -0.2) is 47.0 Å². The Labute approximate surface area is 200 Å². The third-order valence-corrected chi connectivity index (χ3v) is 5.68. The van der Waals surface area contributed by atoms with Gasteiger partial charge in [-0.15, -0.1) is 0 Å². The van der Waals surface area contributed by atoms with E-state index in [4.69, 9.17) is 23.4 Å². The van der Waals surface area contributed by atoms with E-state index in [1.165, 1.54) is 0 Å². The van der Waals surface area contributed by atoms with Crippen molar-refractivity contribution in [3.8, 4) is 28.4 Å². The van der Waals surface area contributed by atoms with E-state index in [1.54, 1.807) is 33.7 Å². The number of nitrogens with one attached hydrogen (secondary N) is 1. The van der Waals surface area contributed by atoms with Crippen LogP contribution in [0, 0.1) is 6.92 Å². The third kappa shape index (κ3) is 5.37. The summed E-state index contributed by atoms with van der Waals surface area (Å²) in [5.74, 6) is 1.82. The molecule has 0 spiro atoms. The van der Waals surface area contributed by atoms with Crippen molar-refractivity contribution >= 4 is 22.4 Å². The number of methoxy groups -OCH3 is 3. The van der Waals surface area contributed by atoms with Gasteiger partial charge >= 0.3 is 0 Å². The second-order valence-corrected chi connectivity index (χ2v) is 7.85. The molecule has 0 aliphatic rings. The largest absolute Gasteiger partial charge is 0.496 e. The minimum absolute atomic E-state index is 0.152. The first-order valence-electron chi connectivity index (χ1n) is 11.3. The van der Waals surface area contributed by atoms with Gasteiger partial charge in [0.25, 0.3) is 0 Å². The van der Waals surface area contributed by atoms with Gasteiger partial charge in [0.05, 0.1) is 27.6 Å². The van der Waals surface area contributed by atoms with Crippen LogP contribution in [-0.2, 0) is 9.53 Å². The lowest BCUT2D eigenvalue weighted by Gasteiger charge is -2.14. The van der Waals surface area contributed by atoms with Gasteiger partial charge in [0.15, 0.2) is 11.5 Å². The van der Waals surface area contributed by atoms with E-state index in [9.17, 15) is 4.79 Å². The lowest BCUT2D eigenvalue weighted by atomic mass is 9.96. The molecular weight excluding hydrogens is 434 g/mol. The molecule has 182 valence electrons. The zero-order chi connectivity index (χ0) is 24.7. The number of hydrogen-bond acceptors (Lipinski definition) is 6. The van der Waals surface area contributed by atoms with Crippen molar-refractivity contribution in [2.24, 2.45) is 0 Å². The summed E-state index contributed by atoms with van der Waals surface area (Å²) < 4.78 is 27.8. The normalized spacial score (nSPS) is 11.5. The van der Waals surface area contributed by atoms with Crippen LogP contribution in [0.2, 0.25) is 0 Å². The summed E-state index contributed by atoms with van der Waals surface area (Å²) in [5.41, 5.74) is 5.07. The van der Waals surface area contributed by atoms with Crippen molar-refractivity contribution in [3.05, 3.63) is 47.7 Å². The Morgan fingerprint density at radius 2 is 1.85 bits per heavy atom. The standard InChI is InChI=1S/C27H33NO6/c1-7-33-12-8-11-28-25(29)13-17(2)20-15-21-22(16-34-27(21)18(3)26(20)32-6)19-9-10-23(30-4)24(14-19)31-5/h9-10,13-16H,7-8,11-12H2,1-6H3,(H,28,29)/b17-13+. The lowest BCUT2D eigenvalue weighted by molar-refractivity contribution is -0.116. The molecule has 0 aliphatic carbocycles. The van der Waals surface area contributed by atoms with E-state index >= 15 is 0 Å². The van der Waals surface area contributed by atoms with E-state index in [0.29, 0.717) is 37.0 Å². The van der Waals surface area contributed by atoms with Gasteiger partial charge < -0.3 is 28.7 Å².